The van der Waals surface area contributed by atoms with Crippen LogP contribution >= 0.6 is 7.60 Å². The van der Waals surface area contributed by atoms with E-state index < -0.39 is 7.60 Å². The third kappa shape index (κ3) is 2.94. The summed E-state index contributed by atoms with van der Waals surface area (Å²) in [4.78, 5) is 0. The molecule has 1 aliphatic carbocycles. The molecule has 88 valence electrons. The minimum Gasteiger partial charge on any atom is -0.309 e. The van der Waals surface area contributed by atoms with Crippen LogP contribution < -0.4 is 5.30 Å². The number of hydrogen-bond acceptors (Lipinski definition) is 3. The first-order valence-corrected chi connectivity index (χ1v) is 7.15. The molecule has 1 atom stereocenters. The van der Waals surface area contributed by atoms with E-state index in [4.69, 9.17) is 9.05 Å². The number of hydrogen-bond donors (Lipinski definition) is 0. The van der Waals surface area contributed by atoms with Gasteiger partial charge in [-0.15, -0.1) is 0 Å². The van der Waals surface area contributed by atoms with E-state index >= 15 is 0 Å². The standard InChI is InChI=1S/C12H17O3P/c1-14-16(13,12-5-3-2-4-6-12)15-10-9-11-7-8-11/h2-6,11H,7-10H2,1H3. The monoisotopic (exact) mass is 240 g/mol. The fourth-order valence-corrected chi connectivity index (χ4v) is 2.94. The zero-order valence-corrected chi connectivity index (χ0v) is 10.4. The normalized spacial score (nSPS) is 19.3. The summed E-state index contributed by atoms with van der Waals surface area (Å²) in [6.45, 7) is 0.519. The lowest BCUT2D eigenvalue weighted by Crippen LogP contribution is -2.09. The molecule has 2 rings (SSSR count). The highest BCUT2D eigenvalue weighted by molar-refractivity contribution is 7.62. The molecule has 0 radical (unpaired) electrons. The largest absolute Gasteiger partial charge is 0.361 e. The van der Waals surface area contributed by atoms with E-state index in [-0.39, 0.29) is 0 Å². The summed E-state index contributed by atoms with van der Waals surface area (Å²) >= 11 is 0. The lowest BCUT2D eigenvalue weighted by Gasteiger charge is -2.16. The molecule has 4 heteroatoms. The van der Waals surface area contributed by atoms with E-state index in [0.29, 0.717) is 11.9 Å². The molecule has 3 nitrogen and oxygen atoms in total. The minimum atomic E-state index is -3.08. The highest BCUT2D eigenvalue weighted by Crippen LogP contribution is 2.46. The SMILES string of the molecule is COP(=O)(OCCC1CC1)c1ccccc1. The van der Waals surface area contributed by atoms with Gasteiger partial charge < -0.3 is 9.05 Å². The van der Waals surface area contributed by atoms with E-state index in [9.17, 15) is 4.57 Å². The molecule has 0 amide bonds. The first-order chi connectivity index (χ1) is 7.74. The van der Waals surface area contributed by atoms with Gasteiger partial charge in [-0.1, -0.05) is 31.0 Å². The van der Waals surface area contributed by atoms with Crippen LogP contribution in [0.25, 0.3) is 0 Å². The predicted molar refractivity (Wildman–Crippen MR) is 64.0 cm³/mol. The summed E-state index contributed by atoms with van der Waals surface area (Å²) in [5, 5.41) is 0.633. The molecule has 1 aliphatic rings. The molecule has 0 bridgehead atoms. The van der Waals surface area contributed by atoms with Crippen molar-refractivity contribution in [2.24, 2.45) is 5.92 Å². The van der Waals surface area contributed by atoms with Crippen molar-refractivity contribution in [1.82, 2.24) is 0 Å². The molecule has 16 heavy (non-hydrogen) atoms. The minimum absolute atomic E-state index is 0.519. The van der Waals surface area contributed by atoms with Crippen LogP contribution in [0, 0.1) is 5.92 Å². The molecule has 1 fully saturated rings. The van der Waals surface area contributed by atoms with Crippen molar-refractivity contribution >= 4 is 12.9 Å². The maximum Gasteiger partial charge on any atom is 0.361 e. The second-order valence-corrected chi connectivity index (χ2v) is 6.22. The van der Waals surface area contributed by atoms with Gasteiger partial charge in [0.25, 0.3) is 0 Å². The smallest absolute Gasteiger partial charge is 0.309 e. The molecule has 0 spiro atoms. The van der Waals surface area contributed by atoms with E-state index in [1.807, 2.05) is 18.2 Å². The summed E-state index contributed by atoms with van der Waals surface area (Å²) in [5.41, 5.74) is 0. The van der Waals surface area contributed by atoms with Crippen molar-refractivity contribution < 1.29 is 13.6 Å². The quantitative estimate of drug-likeness (QED) is 0.717. The average Bonchev–Trinajstić information content (AvgIpc) is 3.14. The van der Waals surface area contributed by atoms with Gasteiger partial charge >= 0.3 is 7.60 Å². The van der Waals surface area contributed by atoms with Gasteiger partial charge in [0.15, 0.2) is 0 Å². The second-order valence-electron chi connectivity index (χ2n) is 4.08. The van der Waals surface area contributed by atoms with Crippen LogP contribution in [-0.2, 0) is 13.6 Å². The summed E-state index contributed by atoms with van der Waals surface area (Å²) in [7, 11) is -1.65. The van der Waals surface area contributed by atoms with Crippen molar-refractivity contribution in [1.29, 1.82) is 0 Å². The Balaban J connectivity index is 1.97. The highest BCUT2D eigenvalue weighted by Gasteiger charge is 2.27. The van der Waals surface area contributed by atoms with Crippen LogP contribution in [0.15, 0.2) is 30.3 Å². The summed E-state index contributed by atoms with van der Waals surface area (Å²) in [6, 6.07) is 9.12. The van der Waals surface area contributed by atoms with Crippen LogP contribution in [0.1, 0.15) is 19.3 Å². The van der Waals surface area contributed by atoms with E-state index in [0.717, 1.165) is 12.3 Å². The molecule has 1 aromatic rings. The lowest BCUT2D eigenvalue weighted by molar-refractivity contribution is 0.236. The highest BCUT2D eigenvalue weighted by atomic mass is 31.2. The summed E-state index contributed by atoms with van der Waals surface area (Å²) in [5.74, 6) is 0.779. The second kappa shape index (κ2) is 5.13. The van der Waals surface area contributed by atoms with Gasteiger partial charge in [0.1, 0.15) is 0 Å². The molecule has 0 aromatic heterocycles. The third-order valence-electron chi connectivity index (χ3n) is 2.80. The first-order valence-electron chi connectivity index (χ1n) is 5.60. The Hall–Kier alpha value is -0.630. The van der Waals surface area contributed by atoms with Gasteiger partial charge in [-0.3, -0.25) is 4.57 Å². The maximum absolute atomic E-state index is 12.3. The van der Waals surface area contributed by atoms with Gasteiger partial charge in [0.2, 0.25) is 0 Å². The average molecular weight is 240 g/mol. The molecule has 1 saturated carbocycles. The molecule has 1 aromatic carbocycles. The Labute approximate surface area is 96.3 Å². The Morgan fingerprint density at radius 1 is 1.31 bits per heavy atom. The fraction of sp³-hybridized carbons (Fsp3) is 0.500. The van der Waals surface area contributed by atoms with Crippen LogP contribution in [0.4, 0.5) is 0 Å². The fourth-order valence-electron chi connectivity index (χ4n) is 1.59. The molecule has 0 N–H and O–H groups in total. The van der Waals surface area contributed by atoms with Crippen LogP contribution in [-0.4, -0.2) is 13.7 Å². The lowest BCUT2D eigenvalue weighted by atomic mass is 10.3. The zero-order chi connectivity index (χ0) is 11.4. The van der Waals surface area contributed by atoms with Crippen molar-refractivity contribution in [3.05, 3.63) is 30.3 Å². The summed E-state index contributed by atoms with van der Waals surface area (Å²) in [6.07, 6.45) is 3.55. The van der Waals surface area contributed by atoms with Gasteiger partial charge in [0.05, 0.1) is 11.9 Å². The zero-order valence-electron chi connectivity index (χ0n) is 9.46. The molecule has 0 heterocycles. The number of benzene rings is 1. The van der Waals surface area contributed by atoms with Crippen molar-refractivity contribution in [3.8, 4) is 0 Å². The maximum atomic E-state index is 12.3. The summed E-state index contributed by atoms with van der Waals surface area (Å²) < 4.78 is 22.8. The molecule has 1 unspecified atom stereocenters. The van der Waals surface area contributed by atoms with Gasteiger partial charge in [-0.2, -0.15) is 0 Å². The van der Waals surface area contributed by atoms with Crippen molar-refractivity contribution in [2.45, 2.75) is 19.3 Å². The third-order valence-corrected chi connectivity index (χ3v) is 4.73. The first kappa shape index (κ1) is 11.8. The Morgan fingerprint density at radius 3 is 2.56 bits per heavy atom. The Morgan fingerprint density at radius 2 is 2.00 bits per heavy atom. The van der Waals surface area contributed by atoms with E-state index in [1.54, 1.807) is 12.1 Å². The van der Waals surface area contributed by atoms with Gasteiger partial charge in [-0.25, -0.2) is 0 Å². The Bertz CT molecular complexity index is 373. The molecule has 0 aliphatic heterocycles. The van der Waals surface area contributed by atoms with Crippen LogP contribution in [0.5, 0.6) is 0 Å². The van der Waals surface area contributed by atoms with Crippen LogP contribution in [0.3, 0.4) is 0 Å². The van der Waals surface area contributed by atoms with Crippen molar-refractivity contribution in [2.75, 3.05) is 13.7 Å². The predicted octanol–water partition coefficient (Wildman–Crippen LogP) is 2.97. The van der Waals surface area contributed by atoms with E-state index in [2.05, 4.69) is 0 Å². The number of rotatable bonds is 6. The Kier molecular flexibility index (Phi) is 3.80. The topological polar surface area (TPSA) is 35.5 Å². The van der Waals surface area contributed by atoms with E-state index in [1.165, 1.54) is 20.0 Å². The van der Waals surface area contributed by atoms with Gasteiger partial charge in [-0.05, 0) is 24.5 Å². The molecule has 0 saturated heterocycles. The van der Waals surface area contributed by atoms with Gasteiger partial charge in [0, 0.05) is 7.11 Å². The van der Waals surface area contributed by atoms with Crippen molar-refractivity contribution in [3.63, 3.8) is 0 Å². The molecular formula is C12H17O3P. The molecular weight excluding hydrogens is 223 g/mol. The van der Waals surface area contributed by atoms with Crippen LogP contribution in [0.2, 0.25) is 0 Å².